The second-order valence-electron chi connectivity index (χ2n) is 3.87. The number of benzene rings is 1. The van der Waals surface area contributed by atoms with Gasteiger partial charge in [-0.2, -0.15) is 0 Å². The molecule has 0 spiro atoms. The van der Waals surface area contributed by atoms with Gasteiger partial charge in [-0.1, -0.05) is 19.1 Å². The Bertz CT molecular complexity index is 318. The van der Waals surface area contributed by atoms with E-state index in [0.717, 1.165) is 16.1 Å². The molecule has 0 heterocycles. The molecule has 2 N–H and O–H groups in total. The molecule has 0 aliphatic heterocycles. The van der Waals surface area contributed by atoms with Crippen LogP contribution in [-0.4, -0.2) is 0 Å². The highest BCUT2D eigenvalue weighted by Crippen LogP contribution is 2.44. The van der Waals surface area contributed by atoms with Crippen LogP contribution in [0.2, 0.25) is 0 Å². The maximum atomic E-state index is 6.00. The molecule has 1 aliphatic rings. The fourth-order valence-electron chi connectivity index (χ4n) is 1.80. The molecule has 1 aromatic carbocycles. The van der Waals surface area contributed by atoms with Crippen LogP contribution in [0.25, 0.3) is 0 Å². The first-order chi connectivity index (χ1) is 6.20. The van der Waals surface area contributed by atoms with Crippen LogP contribution < -0.4 is 5.73 Å². The number of hydrogen-bond acceptors (Lipinski definition) is 1. The Hall–Kier alpha value is -0.500. The highest BCUT2D eigenvalue weighted by atomic mass is 79.9. The maximum absolute atomic E-state index is 6.00. The standard InChI is InChI=1S/C11H14BrN/c1-7(8-5-6-8)9-3-2-4-10(12)11(9)13/h2-4,7-8H,5-6,13H2,1H3/t7-/m0/s1. The summed E-state index contributed by atoms with van der Waals surface area (Å²) in [5, 5.41) is 0. The molecule has 1 fully saturated rings. The second kappa shape index (κ2) is 3.33. The summed E-state index contributed by atoms with van der Waals surface area (Å²) < 4.78 is 1.03. The molecule has 0 radical (unpaired) electrons. The Morgan fingerprint density at radius 1 is 1.46 bits per heavy atom. The van der Waals surface area contributed by atoms with Gasteiger partial charge in [-0.15, -0.1) is 0 Å². The number of para-hydroxylation sites is 1. The number of halogens is 1. The van der Waals surface area contributed by atoms with Gasteiger partial charge >= 0.3 is 0 Å². The average Bonchev–Trinajstić information content (AvgIpc) is 2.91. The first-order valence-electron chi connectivity index (χ1n) is 4.74. The highest BCUT2D eigenvalue weighted by molar-refractivity contribution is 9.10. The topological polar surface area (TPSA) is 26.0 Å². The molecule has 1 aromatic rings. The largest absolute Gasteiger partial charge is 0.398 e. The molecule has 0 bridgehead atoms. The van der Waals surface area contributed by atoms with Crippen molar-refractivity contribution in [2.75, 3.05) is 5.73 Å². The Kier molecular flexibility index (Phi) is 2.33. The summed E-state index contributed by atoms with van der Waals surface area (Å²) in [7, 11) is 0. The van der Waals surface area contributed by atoms with Gasteiger partial charge in [0.25, 0.3) is 0 Å². The lowest BCUT2D eigenvalue weighted by molar-refractivity contribution is 0.666. The van der Waals surface area contributed by atoms with Gasteiger partial charge in [-0.3, -0.25) is 0 Å². The van der Waals surface area contributed by atoms with Gasteiger partial charge in [0.1, 0.15) is 0 Å². The minimum atomic E-state index is 0.623. The summed E-state index contributed by atoms with van der Waals surface area (Å²) in [6, 6.07) is 6.20. The summed E-state index contributed by atoms with van der Waals surface area (Å²) in [6.45, 7) is 2.27. The fourth-order valence-corrected chi connectivity index (χ4v) is 2.18. The summed E-state index contributed by atoms with van der Waals surface area (Å²) in [4.78, 5) is 0. The van der Waals surface area contributed by atoms with Crippen molar-refractivity contribution >= 4 is 21.6 Å². The van der Waals surface area contributed by atoms with Crippen LogP contribution in [0.1, 0.15) is 31.2 Å². The molecule has 1 saturated carbocycles. The third-order valence-electron chi connectivity index (χ3n) is 2.91. The molecule has 0 unspecified atom stereocenters. The Labute approximate surface area is 87.5 Å². The van der Waals surface area contributed by atoms with E-state index in [4.69, 9.17) is 5.73 Å². The van der Waals surface area contributed by atoms with Crippen LogP contribution in [0.5, 0.6) is 0 Å². The molecule has 1 aliphatic carbocycles. The lowest BCUT2D eigenvalue weighted by atomic mass is 9.95. The van der Waals surface area contributed by atoms with Crippen LogP contribution in [-0.2, 0) is 0 Å². The van der Waals surface area contributed by atoms with E-state index in [0.29, 0.717) is 5.92 Å². The van der Waals surface area contributed by atoms with Crippen LogP contribution in [0, 0.1) is 5.92 Å². The predicted octanol–water partition coefficient (Wildman–Crippen LogP) is 3.54. The van der Waals surface area contributed by atoms with Gasteiger partial charge in [0, 0.05) is 10.2 Å². The Morgan fingerprint density at radius 2 is 2.15 bits per heavy atom. The number of hydrogen-bond donors (Lipinski definition) is 1. The molecule has 0 saturated heterocycles. The van der Waals surface area contributed by atoms with Crippen LogP contribution >= 0.6 is 15.9 Å². The normalized spacial score (nSPS) is 18.6. The predicted molar refractivity (Wildman–Crippen MR) is 59.7 cm³/mol. The van der Waals surface area contributed by atoms with Crippen LogP contribution in [0.3, 0.4) is 0 Å². The van der Waals surface area contributed by atoms with Gasteiger partial charge in [-0.05, 0) is 52.2 Å². The Balaban J connectivity index is 2.32. The third kappa shape index (κ3) is 1.73. The van der Waals surface area contributed by atoms with Gasteiger partial charge in [-0.25, -0.2) is 0 Å². The smallest absolute Gasteiger partial charge is 0.0493 e. The van der Waals surface area contributed by atoms with Crippen molar-refractivity contribution < 1.29 is 0 Å². The van der Waals surface area contributed by atoms with Gasteiger partial charge in [0.2, 0.25) is 0 Å². The molecular formula is C11H14BrN. The zero-order chi connectivity index (χ0) is 9.42. The molecule has 2 rings (SSSR count). The van der Waals surface area contributed by atoms with Crippen molar-refractivity contribution in [2.45, 2.75) is 25.7 Å². The van der Waals surface area contributed by atoms with Gasteiger partial charge in [0.15, 0.2) is 0 Å². The number of nitrogen functional groups attached to an aromatic ring is 1. The molecule has 0 amide bonds. The van der Waals surface area contributed by atoms with Crippen LogP contribution in [0.4, 0.5) is 5.69 Å². The molecule has 0 aromatic heterocycles. The van der Waals surface area contributed by atoms with E-state index in [1.165, 1.54) is 18.4 Å². The summed E-state index contributed by atoms with van der Waals surface area (Å²) in [6.07, 6.45) is 2.74. The number of anilines is 1. The van der Waals surface area contributed by atoms with E-state index in [1.807, 2.05) is 6.07 Å². The lowest BCUT2D eigenvalue weighted by Gasteiger charge is -2.14. The minimum absolute atomic E-state index is 0.623. The van der Waals surface area contributed by atoms with E-state index < -0.39 is 0 Å². The number of nitrogens with two attached hydrogens (primary N) is 1. The molecule has 70 valence electrons. The van der Waals surface area contributed by atoms with Crippen LogP contribution in [0.15, 0.2) is 22.7 Å². The zero-order valence-electron chi connectivity index (χ0n) is 7.76. The minimum Gasteiger partial charge on any atom is -0.398 e. The van der Waals surface area contributed by atoms with Crippen molar-refractivity contribution in [2.24, 2.45) is 5.92 Å². The molecule has 1 atom stereocenters. The lowest BCUT2D eigenvalue weighted by Crippen LogP contribution is -2.01. The molecule has 2 heteroatoms. The van der Waals surface area contributed by atoms with Crippen molar-refractivity contribution in [3.05, 3.63) is 28.2 Å². The summed E-state index contributed by atoms with van der Waals surface area (Å²) in [5.74, 6) is 1.49. The van der Waals surface area contributed by atoms with E-state index >= 15 is 0 Å². The van der Waals surface area contributed by atoms with E-state index in [9.17, 15) is 0 Å². The number of rotatable bonds is 2. The first-order valence-corrected chi connectivity index (χ1v) is 5.53. The summed E-state index contributed by atoms with van der Waals surface area (Å²) in [5.41, 5.74) is 8.22. The fraction of sp³-hybridized carbons (Fsp3) is 0.455. The Morgan fingerprint density at radius 3 is 2.77 bits per heavy atom. The van der Waals surface area contributed by atoms with E-state index in [-0.39, 0.29) is 0 Å². The van der Waals surface area contributed by atoms with Crippen molar-refractivity contribution in [3.63, 3.8) is 0 Å². The third-order valence-corrected chi connectivity index (χ3v) is 3.60. The van der Waals surface area contributed by atoms with E-state index in [1.54, 1.807) is 0 Å². The SMILES string of the molecule is C[C@H](c1cccc(Br)c1N)C1CC1. The maximum Gasteiger partial charge on any atom is 0.0493 e. The molecular weight excluding hydrogens is 226 g/mol. The zero-order valence-corrected chi connectivity index (χ0v) is 9.34. The van der Waals surface area contributed by atoms with Gasteiger partial charge < -0.3 is 5.73 Å². The van der Waals surface area contributed by atoms with Gasteiger partial charge in [0.05, 0.1) is 0 Å². The quantitative estimate of drug-likeness (QED) is 0.786. The van der Waals surface area contributed by atoms with Crippen molar-refractivity contribution in [1.82, 2.24) is 0 Å². The first kappa shape index (κ1) is 9.07. The monoisotopic (exact) mass is 239 g/mol. The molecule has 13 heavy (non-hydrogen) atoms. The summed E-state index contributed by atoms with van der Waals surface area (Å²) >= 11 is 3.46. The second-order valence-corrected chi connectivity index (χ2v) is 4.72. The molecule has 1 nitrogen and oxygen atoms in total. The highest BCUT2D eigenvalue weighted by Gasteiger charge is 2.29. The average molecular weight is 240 g/mol. The van der Waals surface area contributed by atoms with Crippen molar-refractivity contribution in [1.29, 1.82) is 0 Å². The van der Waals surface area contributed by atoms with E-state index in [2.05, 4.69) is 35.0 Å². The van der Waals surface area contributed by atoms with Crippen molar-refractivity contribution in [3.8, 4) is 0 Å².